The van der Waals surface area contributed by atoms with Crippen LogP contribution in [-0.4, -0.2) is 0 Å². The molecule has 0 spiro atoms. The molecule has 0 saturated carbocycles. The molecule has 0 N–H and O–H groups in total. The Kier molecular flexibility index (Phi) is 11.1. The van der Waals surface area contributed by atoms with Gasteiger partial charge in [0.1, 0.15) is 0 Å². The first-order valence-electron chi connectivity index (χ1n) is 14.8. The van der Waals surface area contributed by atoms with Gasteiger partial charge in [-0.05, 0) is 65.0 Å². The maximum Gasteiger partial charge on any atom is 4.00 e. The van der Waals surface area contributed by atoms with Gasteiger partial charge < -0.3 is 37.2 Å². The minimum atomic E-state index is -0.160. The third-order valence-corrected chi connectivity index (χ3v) is 9.64. The Morgan fingerprint density at radius 1 is 0.791 bits per heavy atom. The largest absolute Gasteiger partial charge is 4.00 e. The Morgan fingerprint density at radius 3 is 2.19 bits per heavy atom. The minimum absolute atomic E-state index is 0. The van der Waals surface area contributed by atoms with E-state index in [4.69, 9.17) is 0 Å². The Bertz CT molecular complexity index is 1620. The van der Waals surface area contributed by atoms with Gasteiger partial charge >= 0.3 is 26.2 Å². The summed E-state index contributed by atoms with van der Waals surface area (Å²) in [6.45, 7) is 11.7. The van der Waals surface area contributed by atoms with Crippen molar-refractivity contribution in [3.63, 3.8) is 0 Å². The molecule has 0 fully saturated rings. The van der Waals surface area contributed by atoms with E-state index in [1.807, 2.05) is 0 Å². The summed E-state index contributed by atoms with van der Waals surface area (Å²) < 4.78 is 0. The molecule has 0 saturated heterocycles. The van der Waals surface area contributed by atoms with Crippen LogP contribution in [0.5, 0.6) is 0 Å². The Labute approximate surface area is 296 Å². The van der Waals surface area contributed by atoms with Crippen LogP contribution in [0, 0.1) is 12.3 Å². The van der Waals surface area contributed by atoms with Crippen LogP contribution in [0.15, 0.2) is 113 Å². The molecule has 0 heterocycles. The van der Waals surface area contributed by atoms with Crippen molar-refractivity contribution in [2.24, 2.45) is 5.92 Å². The summed E-state index contributed by atoms with van der Waals surface area (Å²) >= 11 is 0. The van der Waals surface area contributed by atoms with Crippen LogP contribution in [0.25, 0.3) is 17.2 Å². The molecule has 43 heavy (non-hydrogen) atoms. The first kappa shape index (κ1) is 35.7. The van der Waals surface area contributed by atoms with Gasteiger partial charge in [-0.3, -0.25) is 0 Å². The molecule has 0 aromatic heterocycles. The van der Waals surface area contributed by atoms with Gasteiger partial charge in [-0.1, -0.05) is 124 Å². The van der Waals surface area contributed by atoms with Crippen molar-refractivity contribution in [2.45, 2.75) is 70.6 Å². The topological polar surface area (TPSA) is 0 Å². The molecule has 0 radical (unpaired) electrons. The molecule has 220 valence electrons. The number of hydrogen-bond donors (Lipinski definition) is 0. The summed E-state index contributed by atoms with van der Waals surface area (Å²) in [7, 11) is 0. The first-order chi connectivity index (χ1) is 18.8. The first-order valence-corrected chi connectivity index (χ1v) is 14.8. The van der Waals surface area contributed by atoms with Gasteiger partial charge in [0, 0.05) is 11.3 Å². The summed E-state index contributed by atoms with van der Waals surface area (Å²) in [6, 6.07) is 27.6. The normalized spacial score (nSPS) is 23.0. The number of benzene rings is 3. The molecule has 4 aliphatic rings. The predicted molar refractivity (Wildman–Crippen MR) is 166 cm³/mol. The van der Waals surface area contributed by atoms with Gasteiger partial charge in [0.2, 0.25) is 0 Å². The van der Waals surface area contributed by atoms with E-state index >= 15 is 0 Å². The Hall–Kier alpha value is -1.76. The van der Waals surface area contributed by atoms with E-state index in [1.54, 1.807) is 11.1 Å². The molecule has 0 aliphatic heterocycles. The van der Waals surface area contributed by atoms with Crippen LogP contribution in [-0.2, 0) is 37.0 Å². The van der Waals surface area contributed by atoms with E-state index in [9.17, 15) is 0 Å². The van der Waals surface area contributed by atoms with E-state index in [-0.39, 0.29) is 80.2 Å². The number of halogens is 3. The van der Waals surface area contributed by atoms with E-state index in [0.717, 1.165) is 0 Å². The number of allylic oxidation sites excluding steroid dienone is 7. The second-order valence-electron chi connectivity index (χ2n) is 13.2. The SMILES string of the molecule is CC1=Cc2c(-c3ccccc3C(C)(C)C)cccc2C1C1(c2ccccc2)C2=CC(C)[CH-]C2=CC2=C1CCC2.[Cl-].[Cl-].[Cl-].[Zr+4]. The second-order valence-corrected chi connectivity index (χ2v) is 13.2. The van der Waals surface area contributed by atoms with Crippen molar-refractivity contribution in [3.05, 3.63) is 141 Å². The Morgan fingerprint density at radius 2 is 1.47 bits per heavy atom. The van der Waals surface area contributed by atoms with Crippen molar-refractivity contribution >= 4 is 6.08 Å². The molecule has 3 atom stereocenters. The summed E-state index contributed by atoms with van der Waals surface area (Å²) in [5, 5.41) is 0. The standard InChI is InChI=1S/C39H39.3ClH.Zr/c1-25-21-28-24-27-13-11-20-34(27)39(36(28)22-25,29-14-7-6-8-15-29)37-26(2)23-33-30(17-12-18-32(33)37)31-16-9-10-19-35(31)38(3,4)5;;;;/h6-10,12,14-19,21-25,37H,11,13,20H2,1-5H3;3*1H;/q-1;;;;+4/p-3. The number of rotatable bonds is 3. The van der Waals surface area contributed by atoms with E-state index in [0.29, 0.717) is 5.92 Å². The molecule has 3 aromatic carbocycles. The molecule has 3 aromatic rings. The fourth-order valence-corrected chi connectivity index (χ4v) is 8.25. The second kappa shape index (κ2) is 13.3. The molecule has 0 amide bonds. The van der Waals surface area contributed by atoms with Gasteiger partial charge in [0.05, 0.1) is 0 Å². The van der Waals surface area contributed by atoms with Crippen LogP contribution < -0.4 is 37.2 Å². The van der Waals surface area contributed by atoms with Crippen molar-refractivity contribution in [2.75, 3.05) is 0 Å². The van der Waals surface area contributed by atoms with Gasteiger partial charge in [0.25, 0.3) is 0 Å². The molecule has 4 heteroatoms. The quantitative estimate of drug-likeness (QED) is 0.361. The maximum absolute atomic E-state index is 2.57. The summed E-state index contributed by atoms with van der Waals surface area (Å²) in [5.74, 6) is 0.748. The molecule has 7 rings (SSSR count). The van der Waals surface area contributed by atoms with Crippen molar-refractivity contribution in [1.29, 1.82) is 0 Å². The van der Waals surface area contributed by atoms with Crippen molar-refractivity contribution < 1.29 is 63.4 Å². The third kappa shape index (κ3) is 5.52. The van der Waals surface area contributed by atoms with E-state index in [1.165, 1.54) is 69.4 Å². The molecule has 0 nitrogen and oxygen atoms in total. The molecular weight excluding hydrogens is 666 g/mol. The Balaban J connectivity index is 0.00000127. The van der Waals surface area contributed by atoms with Crippen LogP contribution in [0.3, 0.4) is 0 Å². The zero-order chi connectivity index (χ0) is 26.9. The summed E-state index contributed by atoms with van der Waals surface area (Å²) in [5.41, 5.74) is 16.1. The molecule has 3 unspecified atom stereocenters. The summed E-state index contributed by atoms with van der Waals surface area (Å²) in [6.07, 6.45) is 13.8. The fourth-order valence-electron chi connectivity index (χ4n) is 8.25. The van der Waals surface area contributed by atoms with Gasteiger partial charge in [-0.2, -0.15) is 18.1 Å². The molecular formula is C39H39Cl3Zr. The van der Waals surface area contributed by atoms with Crippen LogP contribution in [0.2, 0.25) is 0 Å². The monoisotopic (exact) mass is 702 g/mol. The minimum Gasteiger partial charge on any atom is -1.00 e. The number of hydrogen-bond acceptors (Lipinski definition) is 0. The zero-order valence-electron chi connectivity index (χ0n) is 25.6. The molecule has 0 bridgehead atoms. The van der Waals surface area contributed by atoms with Gasteiger partial charge in [-0.25, -0.2) is 0 Å². The van der Waals surface area contributed by atoms with E-state index in [2.05, 4.69) is 132 Å². The average molecular weight is 705 g/mol. The van der Waals surface area contributed by atoms with Crippen LogP contribution in [0.1, 0.15) is 82.1 Å². The van der Waals surface area contributed by atoms with Crippen LogP contribution in [0.4, 0.5) is 0 Å². The van der Waals surface area contributed by atoms with E-state index < -0.39 is 0 Å². The maximum atomic E-state index is 2.57. The molecule has 4 aliphatic carbocycles. The summed E-state index contributed by atoms with van der Waals surface area (Å²) in [4.78, 5) is 0. The van der Waals surface area contributed by atoms with Gasteiger partial charge in [-0.15, -0.1) is 17.2 Å². The van der Waals surface area contributed by atoms with Crippen molar-refractivity contribution in [3.8, 4) is 11.1 Å². The fraction of sp³-hybridized carbons (Fsp3) is 0.308. The third-order valence-electron chi connectivity index (χ3n) is 9.64. The smallest absolute Gasteiger partial charge is 1.00 e. The van der Waals surface area contributed by atoms with Gasteiger partial charge in [0.15, 0.2) is 0 Å². The van der Waals surface area contributed by atoms with Crippen LogP contribution >= 0.6 is 0 Å². The number of fused-ring (bicyclic) bond motifs is 2. The zero-order valence-corrected chi connectivity index (χ0v) is 30.4. The average Bonchev–Trinajstić information content (AvgIpc) is 3.63. The predicted octanol–water partition coefficient (Wildman–Crippen LogP) is 1.30. The van der Waals surface area contributed by atoms with Crippen molar-refractivity contribution in [1.82, 2.24) is 0 Å².